The van der Waals surface area contributed by atoms with Crippen LogP contribution in [0, 0.1) is 5.41 Å². The molecule has 17 heavy (non-hydrogen) atoms. The van der Waals surface area contributed by atoms with Crippen molar-refractivity contribution in [3.63, 3.8) is 0 Å². The Hall–Kier alpha value is -1.07. The first-order valence-corrected chi connectivity index (χ1v) is 6.54. The number of hydrogen-bond acceptors (Lipinski definition) is 3. The van der Waals surface area contributed by atoms with Crippen LogP contribution >= 0.6 is 11.3 Å². The second-order valence-electron chi connectivity index (χ2n) is 5.03. The molecule has 1 heterocycles. The summed E-state index contributed by atoms with van der Waals surface area (Å²) < 4.78 is 0. The summed E-state index contributed by atoms with van der Waals surface area (Å²) in [7, 11) is 0. The molecular weight excluding hydrogens is 236 g/mol. The number of thiophene rings is 1. The molecule has 0 aromatic carbocycles. The Bertz CT molecular complexity index is 344. The molecule has 1 aromatic rings. The van der Waals surface area contributed by atoms with E-state index in [0.29, 0.717) is 13.0 Å². The highest BCUT2D eigenvalue weighted by molar-refractivity contribution is 7.14. The lowest BCUT2D eigenvalue weighted by Gasteiger charge is -2.25. The van der Waals surface area contributed by atoms with Crippen molar-refractivity contribution >= 4 is 22.4 Å². The molecule has 2 amide bonds. The fourth-order valence-corrected chi connectivity index (χ4v) is 1.87. The minimum atomic E-state index is -0.412. The van der Waals surface area contributed by atoms with Gasteiger partial charge in [-0.1, -0.05) is 20.8 Å². The van der Waals surface area contributed by atoms with E-state index in [1.165, 1.54) is 11.3 Å². The number of nitrogens with one attached hydrogen (secondary N) is 2. The average molecular weight is 256 g/mol. The highest BCUT2D eigenvalue weighted by Crippen LogP contribution is 2.21. The van der Waals surface area contributed by atoms with Gasteiger partial charge in [0.05, 0.1) is 11.1 Å². The maximum atomic E-state index is 11.4. The van der Waals surface area contributed by atoms with Gasteiger partial charge in [-0.15, -0.1) is 11.3 Å². The van der Waals surface area contributed by atoms with Crippen LogP contribution in [-0.4, -0.2) is 23.8 Å². The summed E-state index contributed by atoms with van der Waals surface area (Å²) >= 11 is 1.47. The van der Waals surface area contributed by atoms with Crippen molar-refractivity contribution in [1.29, 1.82) is 0 Å². The molecule has 0 fully saturated rings. The van der Waals surface area contributed by atoms with Crippen molar-refractivity contribution in [2.45, 2.75) is 33.3 Å². The maximum absolute atomic E-state index is 11.4. The SMILES string of the molecule is CC(C)(C)[C@@H](O)CCNC(=O)Nc1cccs1. The lowest BCUT2D eigenvalue weighted by atomic mass is 9.87. The molecule has 0 bridgehead atoms. The zero-order valence-electron chi connectivity index (χ0n) is 10.5. The third-order valence-electron chi connectivity index (χ3n) is 2.46. The van der Waals surface area contributed by atoms with Crippen molar-refractivity contribution in [1.82, 2.24) is 5.32 Å². The number of carbonyl (C=O) groups is 1. The fourth-order valence-electron chi connectivity index (χ4n) is 1.26. The third-order valence-corrected chi connectivity index (χ3v) is 3.25. The molecule has 5 heteroatoms. The van der Waals surface area contributed by atoms with E-state index in [1.54, 1.807) is 0 Å². The highest BCUT2D eigenvalue weighted by Gasteiger charge is 2.21. The molecule has 1 aromatic heterocycles. The number of amides is 2. The van der Waals surface area contributed by atoms with Crippen LogP contribution < -0.4 is 10.6 Å². The number of carbonyl (C=O) groups excluding carboxylic acids is 1. The smallest absolute Gasteiger partial charge is 0.319 e. The van der Waals surface area contributed by atoms with Crippen molar-refractivity contribution in [3.05, 3.63) is 17.5 Å². The van der Waals surface area contributed by atoms with Gasteiger partial charge in [-0.25, -0.2) is 4.79 Å². The van der Waals surface area contributed by atoms with E-state index in [0.717, 1.165) is 5.00 Å². The van der Waals surface area contributed by atoms with Crippen LogP contribution in [0.2, 0.25) is 0 Å². The molecule has 0 radical (unpaired) electrons. The molecule has 96 valence electrons. The number of aliphatic hydroxyl groups is 1. The zero-order valence-corrected chi connectivity index (χ0v) is 11.3. The second-order valence-corrected chi connectivity index (χ2v) is 5.98. The van der Waals surface area contributed by atoms with Crippen LogP contribution in [-0.2, 0) is 0 Å². The molecule has 0 aliphatic rings. The average Bonchev–Trinajstić information content (AvgIpc) is 2.68. The van der Waals surface area contributed by atoms with Crippen LogP contribution in [0.15, 0.2) is 17.5 Å². The number of urea groups is 1. The van der Waals surface area contributed by atoms with Crippen LogP contribution in [0.5, 0.6) is 0 Å². The van der Waals surface area contributed by atoms with E-state index in [1.807, 2.05) is 38.3 Å². The van der Waals surface area contributed by atoms with E-state index in [2.05, 4.69) is 10.6 Å². The summed E-state index contributed by atoms with van der Waals surface area (Å²) in [6.07, 6.45) is 0.144. The Kier molecular flexibility index (Phi) is 4.96. The number of aliphatic hydroxyl groups excluding tert-OH is 1. The van der Waals surface area contributed by atoms with Gasteiger partial charge in [-0.05, 0) is 29.3 Å². The van der Waals surface area contributed by atoms with Crippen molar-refractivity contribution in [2.24, 2.45) is 5.41 Å². The van der Waals surface area contributed by atoms with E-state index < -0.39 is 6.10 Å². The minimum Gasteiger partial charge on any atom is -0.393 e. The zero-order chi connectivity index (χ0) is 12.9. The monoisotopic (exact) mass is 256 g/mol. The number of hydrogen-bond donors (Lipinski definition) is 3. The Balaban J connectivity index is 2.21. The van der Waals surface area contributed by atoms with E-state index in [4.69, 9.17) is 0 Å². The number of rotatable bonds is 4. The normalized spacial score (nSPS) is 13.2. The van der Waals surface area contributed by atoms with Gasteiger partial charge < -0.3 is 10.4 Å². The Morgan fingerprint density at radius 2 is 2.24 bits per heavy atom. The van der Waals surface area contributed by atoms with Gasteiger partial charge >= 0.3 is 6.03 Å². The summed E-state index contributed by atoms with van der Waals surface area (Å²) in [5, 5.41) is 17.9. The molecule has 3 N–H and O–H groups in total. The first-order chi connectivity index (χ1) is 7.89. The summed E-state index contributed by atoms with van der Waals surface area (Å²) in [5.41, 5.74) is -0.147. The summed E-state index contributed by atoms with van der Waals surface area (Å²) in [5.74, 6) is 0. The summed E-state index contributed by atoms with van der Waals surface area (Å²) in [6.45, 7) is 6.39. The second kappa shape index (κ2) is 6.02. The van der Waals surface area contributed by atoms with Gasteiger partial charge in [0.15, 0.2) is 0 Å². The summed E-state index contributed by atoms with van der Waals surface area (Å²) in [6, 6.07) is 3.49. The lowest BCUT2D eigenvalue weighted by Crippen LogP contribution is -2.34. The van der Waals surface area contributed by atoms with Crippen molar-refractivity contribution < 1.29 is 9.90 Å². The van der Waals surface area contributed by atoms with Crippen LogP contribution in [0.4, 0.5) is 9.80 Å². The molecule has 0 spiro atoms. The molecule has 0 saturated carbocycles. The van der Waals surface area contributed by atoms with E-state index in [-0.39, 0.29) is 11.4 Å². The van der Waals surface area contributed by atoms with Crippen LogP contribution in [0.3, 0.4) is 0 Å². The molecule has 0 unspecified atom stereocenters. The van der Waals surface area contributed by atoms with Gasteiger partial charge in [-0.3, -0.25) is 5.32 Å². The topological polar surface area (TPSA) is 61.4 Å². The fraction of sp³-hybridized carbons (Fsp3) is 0.583. The summed E-state index contributed by atoms with van der Waals surface area (Å²) in [4.78, 5) is 11.4. The van der Waals surface area contributed by atoms with Gasteiger partial charge in [0, 0.05) is 6.54 Å². The standard InChI is InChI=1S/C12H20N2O2S/c1-12(2,3)9(15)6-7-13-11(16)14-10-5-4-8-17-10/h4-5,8-9,15H,6-7H2,1-3H3,(H2,13,14,16)/t9-/m0/s1. The highest BCUT2D eigenvalue weighted by atomic mass is 32.1. The van der Waals surface area contributed by atoms with Crippen LogP contribution in [0.25, 0.3) is 0 Å². The molecule has 0 aliphatic carbocycles. The van der Waals surface area contributed by atoms with E-state index in [9.17, 15) is 9.90 Å². The molecule has 1 rings (SSSR count). The quantitative estimate of drug-likeness (QED) is 0.775. The van der Waals surface area contributed by atoms with Crippen molar-refractivity contribution in [3.8, 4) is 0 Å². The largest absolute Gasteiger partial charge is 0.393 e. The predicted molar refractivity (Wildman–Crippen MR) is 71.4 cm³/mol. The molecule has 1 atom stereocenters. The molecular formula is C12H20N2O2S. The minimum absolute atomic E-state index is 0.147. The van der Waals surface area contributed by atoms with E-state index >= 15 is 0 Å². The Labute approximate surface area is 106 Å². The third kappa shape index (κ3) is 5.19. The number of anilines is 1. The van der Waals surface area contributed by atoms with Crippen LogP contribution in [0.1, 0.15) is 27.2 Å². The lowest BCUT2D eigenvalue weighted by molar-refractivity contribution is 0.0565. The maximum Gasteiger partial charge on any atom is 0.319 e. The molecule has 0 aliphatic heterocycles. The molecule has 4 nitrogen and oxygen atoms in total. The Morgan fingerprint density at radius 3 is 2.76 bits per heavy atom. The predicted octanol–water partition coefficient (Wildman–Crippen LogP) is 2.67. The van der Waals surface area contributed by atoms with Gasteiger partial charge in [0.2, 0.25) is 0 Å². The van der Waals surface area contributed by atoms with Gasteiger partial charge in [0.1, 0.15) is 0 Å². The first-order valence-electron chi connectivity index (χ1n) is 5.66. The van der Waals surface area contributed by atoms with Crippen molar-refractivity contribution in [2.75, 3.05) is 11.9 Å². The van der Waals surface area contributed by atoms with Gasteiger partial charge in [-0.2, -0.15) is 0 Å². The Morgan fingerprint density at radius 1 is 1.53 bits per heavy atom. The van der Waals surface area contributed by atoms with Gasteiger partial charge in [0.25, 0.3) is 0 Å². The molecule has 0 saturated heterocycles. The first kappa shape index (κ1) is 14.0.